The van der Waals surface area contributed by atoms with E-state index in [-0.39, 0.29) is 0 Å². The van der Waals surface area contributed by atoms with Gasteiger partial charge in [-0.05, 0) is 24.7 Å². The number of halogens is 1. The topological polar surface area (TPSA) is 48.7 Å². The maximum atomic E-state index is 8.79. The van der Waals surface area contributed by atoms with Gasteiger partial charge < -0.3 is 5.32 Å². The molecular formula is C12H16ClN3S. The first-order valence-electron chi connectivity index (χ1n) is 5.99. The molecule has 1 aromatic rings. The van der Waals surface area contributed by atoms with Gasteiger partial charge in [-0.2, -0.15) is 5.26 Å². The number of hydrogen-bond acceptors (Lipinski definition) is 4. The average Bonchev–Trinajstić information content (AvgIpc) is 2.69. The summed E-state index contributed by atoms with van der Waals surface area (Å²) in [6.45, 7) is 3.27. The quantitative estimate of drug-likeness (QED) is 0.905. The summed E-state index contributed by atoms with van der Waals surface area (Å²) >= 11 is 7.16. The lowest BCUT2D eigenvalue weighted by Crippen LogP contribution is -2.20. The van der Waals surface area contributed by atoms with Crippen molar-refractivity contribution in [2.75, 3.05) is 11.9 Å². The van der Waals surface area contributed by atoms with Crippen LogP contribution in [0.2, 0.25) is 5.15 Å². The molecule has 1 fully saturated rings. The van der Waals surface area contributed by atoms with Gasteiger partial charge in [0.05, 0.1) is 0 Å². The van der Waals surface area contributed by atoms with Crippen molar-refractivity contribution in [3.63, 3.8) is 0 Å². The zero-order valence-electron chi connectivity index (χ0n) is 9.87. The Labute approximate surface area is 111 Å². The highest BCUT2D eigenvalue weighted by Crippen LogP contribution is 2.30. The Balaban J connectivity index is 1.83. The van der Waals surface area contributed by atoms with Crippen LogP contribution in [0.1, 0.15) is 37.5 Å². The van der Waals surface area contributed by atoms with Crippen molar-refractivity contribution >= 4 is 28.1 Å². The van der Waals surface area contributed by atoms with Crippen molar-refractivity contribution in [1.82, 2.24) is 4.98 Å². The lowest BCUT2D eigenvalue weighted by molar-refractivity contribution is 0.300. The number of rotatable bonds is 3. The fourth-order valence-electron chi connectivity index (χ4n) is 2.21. The van der Waals surface area contributed by atoms with Gasteiger partial charge in [-0.1, -0.05) is 42.7 Å². The van der Waals surface area contributed by atoms with Gasteiger partial charge in [-0.15, -0.1) is 0 Å². The number of nitriles is 1. The zero-order valence-corrected chi connectivity index (χ0v) is 11.4. The molecule has 0 unspecified atom stereocenters. The second-order valence-corrected chi connectivity index (χ2v) is 6.11. The number of anilines is 1. The molecule has 1 saturated carbocycles. The predicted octanol–water partition coefficient (Wildman–Crippen LogP) is 3.91. The lowest BCUT2D eigenvalue weighted by atomic mass is 9.83. The van der Waals surface area contributed by atoms with E-state index in [4.69, 9.17) is 16.9 Å². The van der Waals surface area contributed by atoms with Crippen LogP contribution in [0.25, 0.3) is 0 Å². The Morgan fingerprint density at radius 2 is 2.18 bits per heavy atom. The molecule has 0 radical (unpaired) electrons. The maximum Gasteiger partial charge on any atom is 0.185 e. The monoisotopic (exact) mass is 269 g/mol. The Morgan fingerprint density at radius 3 is 2.76 bits per heavy atom. The highest BCUT2D eigenvalue weighted by molar-refractivity contribution is 7.16. The number of hydrogen-bond donors (Lipinski definition) is 1. The molecule has 1 aliphatic carbocycles. The summed E-state index contributed by atoms with van der Waals surface area (Å²) in [6, 6.07) is 2.04. The fourth-order valence-corrected chi connectivity index (χ4v) is 3.16. The summed E-state index contributed by atoms with van der Waals surface area (Å²) < 4.78 is 0. The minimum Gasteiger partial charge on any atom is -0.361 e. The predicted molar refractivity (Wildman–Crippen MR) is 71.5 cm³/mol. The molecule has 0 amide bonds. The van der Waals surface area contributed by atoms with E-state index < -0.39 is 0 Å². The summed E-state index contributed by atoms with van der Waals surface area (Å²) in [5.41, 5.74) is 0. The molecule has 0 aliphatic heterocycles. The van der Waals surface area contributed by atoms with Gasteiger partial charge in [0.15, 0.2) is 10.3 Å². The van der Waals surface area contributed by atoms with Gasteiger partial charge in [0.2, 0.25) is 0 Å². The summed E-state index contributed by atoms with van der Waals surface area (Å²) in [6.07, 6.45) is 5.24. The Hall–Kier alpha value is -0.790. The van der Waals surface area contributed by atoms with Crippen molar-refractivity contribution in [2.45, 2.75) is 32.6 Å². The molecule has 5 heteroatoms. The van der Waals surface area contributed by atoms with Crippen molar-refractivity contribution in [1.29, 1.82) is 5.26 Å². The van der Waals surface area contributed by atoms with Gasteiger partial charge >= 0.3 is 0 Å². The van der Waals surface area contributed by atoms with Crippen molar-refractivity contribution in [3.05, 3.63) is 10.0 Å². The Bertz CT molecular complexity index is 416. The van der Waals surface area contributed by atoms with E-state index in [1.807, 2.05) is 6.07 Å². The van der Waals surface area contributed by atoms with Crippen LogP contribution in [0.3, 0.4) is 0 Å². The molecule has 1 aromatic heterocycles. The molecule has 3 nitrogen and oxygen atoms in total. The highest BCUT2D eigenvalue weighted by Gasteiger charge is 2.18. The standard InChI is InChI=1S/C12H16ClN3S/c1-8-2-4-9(5-3-8)7-15-12-16-11(13)10(6-14)17-12/h8-9H,2-5,7H2,1H3,(H,15,16). The summed E-state index contributed by atoms with van der Waals surface area (Å²) in [4.78, 5) is 4.62. The molecule has 0 aromatic carbocycles. The second kappa shape index (κ2) is 5.70. The van der Waals surface area contributed by atoms with Crippen LogP contribution in [0.15, 0.2) is 0 Å². The smallest absolute Gasteiger partial charge is 0.185 e. The SMILES string of the molecule is CC1CCC(CNc2nc(Cl)c(C#N)s2)CC1. The van der Waals surface area contributed by atoms with E-state index in [9.17, 15) is 0 Å². The van der Waals surface area contributed by atoms with Crippen LogP contribution in [0.4, 0.5) is 5.13 Å². The highest BCUT2D eigenvalue weighted by atomic mass is 35.5. The van der Waals surface area contributed by atoms with Crippen LogP contribution in [-0.4, -0.2) is 11.5 Å². The van der Waals surface area contributed by atoms with Crippen molar-refractivity contribution < 1.29 is 0 Å². The van der Waals surface area contributed by atoms with Crippen molar-refractivity contribution in [3.8, 4) is 6.07 Å². The summed E-state index contributed by atoms with van der Waals surface area (Å²) in [5.74, 6) is 1.62. The maximum absolute atomic E-state index is 8.79. The molecule has 92 valence electrons. The normalized spacial score (nSPS) is 24.3. The summed E-state index contributed by atoms with van der Waals surface area (Å²) in [7, 11) is 0. The van der Waals surface area contributed by atoms with E-state index in [1.165, 1.54) is 37.0 Å². The first-order chi connectivity index (χ1) is 8.19. The fraction of sp³-hybridized carbons (Fsp3) is 0.667. The lowest BCUT2D eigenvalue weighted by Gasteiger charge is -2.26. The van der Waals surface area contributed by atoms with Gasteiger partial charge in [-0.3, -0.25) is 0 Å². The molecule has 0 atom stereocenters. The number of aromatic nitrogens is 1. The molecule has 1 N–H and O–H groups in total. The third-order valence-electron chi connectivity index (χ3n) is 3.36. The second-order valence-electron chi connectivity index (χ2n) is 4.76. The van der Waals surface area contributed by atoms with E-state index in [1.54, 1.807) is 0 Å². The van der Waals surface area contributed by atoms with E-state index in [2.05, 4.69) is 17.2 Å². The van der Waals surface area contributed by atoms with Gasteiger partial charge in [0.25, 0.3) is 0 Å². The van der Waals surface area contributed by atoms with Crippen LogP contribution >= 0.6 is 22.9 Å². The van der Waals surface area contributed by atoms with Gasteiger partial charge in [-0.25, -0.2) is 4.98 Å². The number of nitrogens with one attached hydrogen (secondary N) is 1. The minimum atomic E-state index is 0.317. The largest absolute Gasteiger partial charge is 0.361 e. The molecule has 1 heterocycles. The average molecular weight is 270 g/mol. The van der Waals surface area contributed by atoms with E-state index in [0.29, 0.717) is 10.0 Å². The van der Waals surface area contributed by atoms with Gasteiger partial charge in [0.1, 0.15) is 10.9 Å². The third kappa shape index (κ3) is 3.34. The summed E-state index contributed by atoms with van der Waals surface area (Å²) in [5, 5.41) is 13.2. The molecule has 0 bridgehead atoms. The zero-order chi connectivity index (χ0) is 12.3. The molecule has 0 saturated heterocycles. The van der Waals surface area contributed by atoms with Crippen LogP contribution in [-0.2, 0) is 0 Å². The Kier molecular flexibility index (Phi) is 4.25. The molecule has 0 spiro atoms. The van der Waals surface area contributed by atoms with Gasteiger partial charge in [0, 0.05) is 6.54 Å². The van der Waals surface area contributed by atoms with E-state index in [0.717, 1.165) is 23.5 Å². The number of nitrogens with zero attached hydrogens (tertiary/aromatic N) is 2. The van der Waals surface area contributed by atoms with Crippen LogP contribution < -0.4 is 5.32 Å². The van der Waals surface area contributed by atoms with Crippen LogP contribution in [0, 0.1) is 23.2 Å². The van der Waals surface area contributed by atoms with E-state index >= 15 is 0 Å². The Morgan fingerprint density at radius 1 is 1.47 bits per heavy atom. The molecule has 2 rings (SSSR count). The molecule has 1 aliphatic rings. The molecule has 17 heavy (non-hydrogen) atoms. The van der Waals surface area contributed by atoms with Crippen LogP contribution in [0.5, 0.6) is 0 Å². The number of thiazole rings is 1. The third-order valence-corrected chi connectivity index (χ3v) is 4.67. The molecular weight excluding hydrogens is 254 g/mol. The first kappa shape index (κ1) is 12.7. The minimum absolute atomic E-state index is 0.317. The first-order valence-corrected chi connectivity index (χ1v) is 7.18. The van der Waals surface area contributed by atoms with Crippen molar-refractivity contribution in [2.24, 2.45) is 11.8 Å².